The molecule has 3 N–H and O–H groups in total. The van der Waals surface area contributed by atoms with Crippen molar-refractivity contribution in [2.75, 3.05) is 6.61 Å². The molecule has 0 radical (unpaired) electrons. The van der Waals surface area contributed by atoms with E-state index in [9.17, 15) is 9.59 Å². The number of hydrogen-bond donors (Lipinski definition) is 2. The van der Waals surface area contributed by atoms with Crippen LogP contribution < -0.4 is 20.5 Å². The molecule has 0 aromatic carbocycles. The van der Waals surface area contributed by atoms with E-state index in [4.69, 9.17) is 15.2 Å². The van der Waals surface area contributed by atoms with Crippen molar-refractivity contribution in [2.45, 2.75) is 50.5 Å². The van der Waals surface area contributed by atoms with Crippen molar-refractivity contribution in [1.29, 1.82) is 0 Å². The van der Waals surface area contributed by atoms with Gasteiger partial charge in [0.05, 0.1) is 6.61 Å². The number of hydrogen-bond acceptors (Lipinski definition) is 5. The maximum Gasteiger partial charge on any atom is 0.414 e. The average molecular weight is 345 g/mol. The van der Waals surface area contributed by atoms with Gasteiger partial charge in [-0.15, -0.1) is 0 Å². The Bertz CT molecular complexity index is 681. The predicted octanol–water partition coefficient (Wildman–Crippen LogP) is 2.10. The molecule has 1 atom stereocenters. The van der Waals surface area contributed by atoms with Gasteiger partial charge in [-0.3, -0.25) is 4.79 Å². The second kappa shape index (κ2) is 6.54. The van der Waals surface area contributed by atoms with Crippen LogP contribution in [0.5, 0.6) is 11.8 Å². The third kappa shape index (κ3) is 4.21. The average Bonchev–Trinajstić information content (AvgIpc) is 3.45. The van der Waals surface area contributed by atoms with Crippen molar-refractivity contribution >= 4 is 12.0 Å². The highest BCUT2D eigenvalue weighted by Crippen LogP contribution is 2.44. The Morgan fingerprint density at radius 1 is 1.20 bits per heavy atom. The number of carbonyl (C=O) groups excluding carboxylic acids is 2. The summed E-state index contributed by atoms with van der Waals surface area (Å²) < 4.78 is 11.1. The topological polar surface area (TPSA) is 104 Å². The molecule has 1 aromatic rings. The van der Waals surface area contributed by atoms with E-state index in [0.717, 1.165) is 31.2 Å². The van der Waals surface area contributed by atoms with Gasteiger partial charge in [-0.1, -0.05) is 0 Å². The van der Waals surface area contributed by atoms with Crippen LogP contribution in [0.25, 0.3) is 0 Å². The number of carbonyl (C=O) groups is 2. The Hall–Kier alpha value is -2.31. The van der Waals surface area contributed by atoms with Crippen LogP contribution in [0.3, 0.4) is 0 Å². The van der Waals surface area contributed by atoms with Gasteiger partial charge in [0.15, 0.2) is 0 Å². The lowest BCUT2D eigenvalue weighted by Gasteiger charge is -2.15. The van der Waals surface area contributed by atoms with E-state index in [2.05, 4.69) is 10.3 Å². The lowest BCUT2D eigenvalue weighted by molar-refractivity contribution is -0.120. The Morgan fingerprint density at radius 3 is 2.56 bits per heavy atom. The molecule has 3 saturated carbocycles. The molecule has 7 heteroatoms. The van der Waals surface area contributed by atoms with Gasteiger partial charge in [0.2, 0.25) is 17.7 Å². The van der Waals surface area contributed by atoms with E-state index in [-0.39, 0.29) is 11.8 Å². The summed E-state index contributed by atoms with van der Waals surface area (Å²) in [6.07, 6.45) is 5.76. The molecule has 0 saturated heterocycles. The highest BCUT2D eigenvalue weighted by atomic mass is 16.6. The van der Waals surface area contributed by atoms with Crippen molar-refractivity contribution in [3.63, 3.8) is 0 Å². The number of nitrogens with zero attached hydrogens (tertiary/aromatic N) is 1. The second-order valence-electron chi connectivity index (χ2n) is 7.32. The van der Waals surface area contributed by atoms with Gasteiger partial charge in [0.1, 0.15) is 6.04 Å². The number of nitrogens with two attached hydrogens (primary N) is 1. The third-order valence-corrected chi connectivity index (χ3v) is 4.90. The third-order valence-electron chi connectivity index (χ3n) is 4.90. The van der Waals surface area contributed by atoms with E-state index < -0.39 is 18.0 Å². The highest BCUT2D eigenvalue weighted by Gasteiger charge is 2.36. The summed E-state index contributed by atoms with van der Waals surface area (Å²) in [7, 11) is 0. The maximum atomic E-state index is 12.1. The number of primary amides is 1. The zero-order chi connectivity index (χ0) is 17.4. The van der Waals surface area contributed by atoms with Gasteiger partial charge in [-0.25, -0.2) is 4.79 Å². The minimum absolute atomic E-state index is 0.118. The highest BCUT2D eigenvalue weighted by molar-refractivity contribution is 5.85. The normalized spacial score (nSPS) is 20.6. The van der Waals surface area contributed by atoms with E-state index >= 15 is 0 Å². The molecule has 1 aromatic heterocycles. The summed E-state index contributed by atoms with van der Waals surface area (Å²) in [6, 6.07) is 2.92. The molecule has 1 heterocycles. The molecule has 3 aliphatic carbocycles. The molecule has 0 spiro atoms. The van der Waals surface area contributed by atoms with E-state index in [0.29, 0.717) is 24.3 Å². The summed E-state index contributed by atoms with van der Waals surface area (Å²) in [5.74, 6) is 1.44. The fraction of sp³-hybridized carbons (Fsp3) is 0.611. The molecule has 2 amide bonds. The Morgan fingerprint density at radius 2 is 1.96 bits per heavy atom. The number of nitrogens with one attached hydrogen (secondary N) is 1. The second-order valence-corrected chi connectivity index (χ2v) is 7.32. The van der Waals surface area contributed by atoms with Crippen LogP contribution in [-0.4, -0.2) is 29.6 Å². The van der Waals surface area contributed by atoms with Crippen LogP contribution in [0, 0.1) is 11.8 Å². The number of rotatable bonds is 8. The fourth-order valence-corrected chi connectivity index (χ4v) is 2.90. The summed E-state index contributed by atoms with van der Waals surface area (Å²) in [6.45, 7) is 0.661. The van der Waals surface area contributed by atoms with Crippen LogP contribution in [0.1, 0.15) is 50.0 Å². The van der Waals surface area contributed by atoms with Gasteiger partial charge >= 0.3 is 6.09 Å². The largest absolute Gasteiger partial charge is 0.477 e. The Kier molecular flexibility index (Phi) is 4.23. The zero-order valence-corrected chi connectivity index (χ0v) is 14.1. The van der Waals surface area contributed by atoms with Crippen molar-refractivity contribution in [1.82, 2.24) is 10.3 Å². The molecular weight excluding hydrogens is 322 g/mol. The molecule has 0 bridgehead atoms. The first-order valence-electron chi connectivity index (χ1n) is 9.01. The molecule has 134 valence electrons. The number of pyridine rings is 1. The molecule has 25 heavy (non-hydrogen) atoms. The van der Waals surface area contributed by atoms with Crippen LogP contribution in [-0.2, 0) is 4.79 Å². The van der Waals surface area contributed by atoms with Gasteiger partial charge in [-0.2, -0.15) is 4.98 Å². The van der Waals surface area contributed by atoms with Crippen LogP contribution in [0.15, 0.2) is 12.1 Å². The quantitative estimate of drug-likeness (QED) is 0.751. The lowest BCUT2D eigenvalue weighted by Crippen LogP contribution is -2.47. The minimum atomic E-state index is -0.712. The predicted molar refractivity (Wildman–Crippen MR) is 89.3 cm³/mol. The smallest absolute Gasteiger partial charge is 0.414 e. The first-order chi connectivity index (χ1) is 12.1. The number of aromatic nitrogens is 1. The SMILES string of the molecule is NC(=O)C(NC(=O)Oc1ccc(C2CC2)c(OCC2CC2)n1)C1CC1. The number of amides is 2. The van der Waals surface area contributed by atoms with E-state index in [1.54, 1.807) is 6.07 Å². The fourth-order valence-electron chi connectivity index (χ4n) is 2.90. The van der Waals surface area contributed by atoms with Crippen LogP contribution >= 0.6 is 0 Å². The van der Waals surface area contributed by atoms with Crippen molar-refractivity contribution in [2.24, 2.45) is 17.6 Å². The summed E-state index contributed by atoms with van der Waals surface area (Å²) in [4.78, 5) is 27.8. The summed E-state index contributed by atoms with van der Waals surface area (Å²) in [5.41, 5.74) is 6.42. The Labute approximate surface area is 146 Å². The molecule has 4 rings (SSSR count). The molecule has 7 nitrogen and oxygen atoms in total. The first kappa shape index (κ1) is 16.2. The van der Waals surface area contributed by atoms with Crippen molar-refractivity contribution in [3.05, 3.63) is 17.7 Å². The van der Waals surface area contributed by atoms with Gasteiger partial charge in [0, 0.05) is 11.6 Å². The first-order valence-corrected chi connectivity index (χ1v) is 9.01. The standard InChI is InChI=1S/C18H23N3O4/c19-16(22)15(12-5-6-12)21-18(23)25-14-8-7-13(11-3-4-11)17(20-14)24-9-10-1-2-10/h7-8,10-12,15H,1-6,9H2,(H2,19,22)(H,21,23). The minimum Gasteiger partial charge on any atom is -0.477 e. The summed E-state index contributed by atoms with van der Waals surface area (Å²) >= 11 is 0. The van der Waals surface area contributed by atoms with Crippen LogP contribution in [0.4, 0.5) is 4.79 Å². The van der Waals surface area contributed by atoms with Gasteiger partial charge < -0.3 is 20.5 Å². The molecular formula is C18H23N3O4. The molecule has 3 aliphatic rings. The molecule has 0 aliphatic heterocycles. The van der Waals surface area contributed by atoms with Gasteiger partial charge in [-0.05, 0) is 62.3 Å². The van der Waals surface area contributed by atoms with Crippen molar-refractivity contribution in [3.8, 4) is 11.8 Å². The summed E-state index contributed by atoms with van der Waals surface area (Å²) in [5, 5.41) is 2.54. The van der Waals surface area contributed by atoms with Crippen molar-refractivity contribution < 1.29 is 19.1 Å². The number of ether oxygens (including phenoxy) is 2. The Balaban J connectivity index is 1.41. The maximum absolute atomic E-state index is 12.1. The van der Waals surface area contributed by atoms with Crippen LogP contribution in [0.2, 0.25) is 0 Å². The zero-order valence-electron chi connectivity index (χ0n) is 14.1. The molecule has 1 unspecified atom stereocenters. The van der Waals surface area contributed by atoms with Gasteiger partial charge in [0.25, 0.3) is 0 Å². The van der Waals surface area contributed by atoms with E-state index in [1.165, 1.54) is 12.8 Å². The monoisotopic (exact) mass is 345 g/mol. The lowest BCUT2D eigenvalue weighted by atomic mass is 10.2. The molecule has 3 fully saturated rings. The van der Waals surface area contributed by atoms with E-state index in [1.807, 2.05) is 6.07 Å².